The zero-order valence-corrected chi connectivity index (χ0v) is 11.7. The topological polar surface area (TPSA) is 70.2 Å². The summed E-state index contributed by atoms with van der Waals surface area (Å²) in [6.45, 7) is 2.75. The van der Waals surface area contributed by atoms with Crippen LogP contribution < -0.4 is 16.0 Å². The fourth-order valence-electron chi connectivity index (χ4n) is 1.30. The molecule has 1 rings (SSSR count). The van der Waals surface area contributed by atoms with Crippen molar-refractivity contribution in [1.29, 1.82) is 0 Å². The molecule has 0 spiro atoms. The second-order valence-electron chi connectivity index (χ2n) is 3.72. The molecule has 0 heterocycles. The van der Waals surface area contributed by atoms with Crippen LogP contribution in [0.4, 0.5) is 5.69 Å². The van der Waals surface area contributed by atoms with Gasteiger partial charge in [-0.3, -0.25) is 9.59 Å². The van der Waals surface area contributed by atoms with Crippen LogP contribution >= 0.6 is 15.9 Å². The molecule has 1 aromatic rings. The third-order valence-corrected chi connectivity index (χ3v) is 2.56. The fourth-order valence-corrected chi connectivity index (χ4v) is 1.70. The van der Waals surface area contributed by atoms with Gasteiger partial charge >= 0.3 is 0 Å². The first-order valence-corrected chi connectivity index (χ1v) is 6.38. The molecule has 3 N–H and O–H groups in total. The maximum atomic E-state index is 11.5. The van der Waals surface area contributed by atoms with Crippen molar-refractivity contribution in [1.82, 2.24) is 10.6 Å². The smallest absolute Gasteiger partial charge is 0.238 e. The molecule has 0 atom stereocenters. The molecule has 0 unspecified atom stereocenters. The minimum Gasteiger partial charge on any atom is -0.355 e. The average molecular weight is 314 g/mol. The van der Waals surface area contributed by atoms with Crippen LogP contribution in [-0.2, 0) is 9.59 Å². The van der Waals surface area contributed by atoms with Crippen molar-refractivity contribution in [2.45, 2.75) is 6.92 Å². The number of carbonyl (C=O) groups is 2. The Hall–Kier alpha value is -1.40. The summed E-state index contributed by atoms with van der Waals surface area (Å²) in [6.07, 6.45) is 0. The summed E-state index contributed by atoms with van der Waals surface area (Å²) in [5.74, 6) is -0.189. The molecule has 98 valence electrons. The Morgan fingerprint density at radius 3 is 2.72 bits per heavy atom. The Morgan fingerprint density at radius 1 is 1.28 bits per heavy atom. The van der Waals surface area contributed by atoms with Crippen molar-refractivity contribution < 1.29 is 9.59 Å². The largest absolute Gasteiger partial charge is 0.355 e. The monoisotopic (exact) mass is 313 g/mol. The molecule has 0 saturated heterocycles. The van der Waals surface area contributed by atoms with Crippen LogP contribution in [0, 0.1) is 0 Å². The lowest BCUT2D eigenvalue weighted by atomic mass is 10.3. The highest BCUT2D eigenvalue weighted by Gasteiger charge is 2.01. The first-order valence-electron chi connectivity index (χ1n) is 5.58. The van der Waals surface area contributed by atoms with Gasteiger partial charge in [0.1, 0.15) is 0 Å². The van der Waals surface area contributed by atoms with E-state index in [2.05, 4.69) is 31.9 Å². The SMILES string of the molecule is CC(=O)NCCNCC(=O)Nc1cccc(Br)c1. The third kappa shape index (κ3) is 6.36. The summed E-state index contributed by atoms with van der Waals surface area (Å²) in [7, 11) is 0. The zero-order valence-electron chi connectivity index (χ0n) is 10.1. The molecular formula is C12H16BrN3O2. The third-order valence-electron chi connectivity index (χ3n) is 2.07. The van der Waals surface area contributed by atoms with Crippen molar-refractivity contribution in [2.24, 2.45) is 0 Å². The van der Waals surface area contributed by atoms with E-state index in [1.807, 2.05) is 24.3 Å². The first kappa shape index (κ1) is 14.7. The van der Waals surface area contributed by atoms with Crippen molar-refractivity contribution in [3.05, 3.63) is 28.7 Å². The molecule has 0 aliphatic heterocycles. The van der Waals surface area contributed by atoms with Gasteiger partial charge in [-0.15, -0.1) is 0 Å². The van der Waals surface area contributed by atoms with Crippen molar-refractivity contribution in [2.75, 3.05) is 25.0 Å². The van der Waals surface area contributed by atoms with Crippen LogP contribution in [0.5, 0.6) is 0 Å². The van der Waals surface area contributed by atoms with Crippen LogP contribution in [0.3, 0.4) is 0 Å². The van der Waals surface area contributed by atoms with Gasteiger partial charge in [0.2, 0.25) is 11.8 Å². The minimum atomic E-state index is -0.115. The van der Waals surface area contributed by atoms with E-state index in [9.17, 15) is 9.59 Å². The molecule has 0 aliphatic rings. The van der Waals surface area contributed by atoms with Gasteiger partial charge < -0.3 is 16.0 Å². The minimum absolute atomic E-state index is 0.0737. The number of hydrogen-bond acceptors (Lipinski definition) is 3. The predicted octanol–water partition coefficient (Wildman–Crippen LogP) is 1.11. The highest BCUT2D eigenvalue weighted by atomic mass is 79.9. The average Bonchev–Trinajstić information content (AvgIpc) is 2.28. The maximum Gasteiger partial charge on any atom is 0.238 e. The standard InChI is InChI=1S/C12H16BrN3O2/c1-9(17)15-6-5-14-8-12(18)16-11-4-2-3-10(13)7-11/h2-4,7,14H,5-6,8H2,1H3,(H,15,17)(H,16,18). The Kier molecular flexibility index (Phi) is 6.38. The van der Waals surface area contributed by atoms with Crippen LogP contribution in [0.25, 0.3) is 0 Å². The molecule has 0 saturated carbocycles. The molecule has 0 radical (unpaired) electrons. The van der Waals surface area contributed by atoms with Gasteiger partial charge in [0, 0.05) is 30.2 Å². The van der Waals surface area contributed by atoms with E-state index in [0.717, 1.165) is 10.2 Å². The van der Waals surface area contributed by atoms with E-state index in [1.54, 1.807) is 0 Å². The zero-order chi connectivity index (χ0) is 13.4. The Bertz CT molecular complexity index is 424. The number of benzene rings is 1. The summed E-state index contributed by atoms with van der Waals surface area (Å²) in [4.78, 5) is 22.1. The number of halogens is 1. The molecule has 0 aliphatic carbocycles. The summed E-state index contributed by atoms with van der Waals surface area (Å²) < 4.78 is 0.916. The molecule has 6 heteroatoms. The van der Waals surface area contributed by atoms with Crippen LogP contribution in [-0.4, -0.2) is 31.4 Å². The summed E-state index contributed by atoms with van der Waals surface area (Å²) in [5, 5.41) is 8.34. The van der Waals surface area contributed by atoms with Gasteiger partial charge in [-0.25, -0.2) is 0 Å². The number of nitrogens with one attached hydrogen (secondary N) is 3. The number of amides is 2. The van der Waals surface area contributed by atoms with E-state index >= 15 is 0 Å². The second-order valence-corrected chi connectivity index (χ2v) is 4.63. The Labute approximate surface area is 114 Å². The van der Waals surface area contributed by atoms with Crippen LogP contribution in [0.15, 0.2) is 28.7 Å². The summed E-state index contributed by atoms with van der Waals surface area (Å²) in [5.41, 5.74) is 0.748. The lowest BCUT2D eigenvalue weighted by Crippen LogP contribution is -2.34. The fraction of sp³-hybridized carbons (Fsp3) is 0.333. The normalized spacial score (nSPS) is 9.89. The van der Waals surface area contributed by atoms with E-state index in [4.69, 9.17) is 0 Å². The van der Waals surface area contributed by atoms with Gasteiger partial charge in [-0.2, -0.15) is 0 Å². The number of rotatable bonds is 6. The van der Waals surface area contributed by atoms with Crippen molar-refractivity contribution in [3.63, 3.8) is 0 Å². The van der Waals surface area contributed by atoms with E-state index in [0.29, 0.717) is 13.1 Å². The molecule has 0 aromatic heterocycles. The lowest BCUT2D eigenvalue weighted by molar-refractivity contribution is -0.118. The van der Waals surface area contributed by atoms with Gasteiger partial charge in [-0.05, 0) is 18.2 Å². The van der Waals surface area contributed by atoms with Crippen LogP contribution in [0.1, 0.15) is 6.92 Å². The summed E-state index contributed by atoms with van der Waals surface area (Å²) in [6, 6.07) is 7.39. The van der Waals surface area contributed by atoms with Gasteiger partial charge in [0.15, 0.2) is 0 Å². The van der Waals surface area contributed by atoms with Crippen LogP contribution in [0.2, 0.25) is 0 Å². The maximum absolute atomic E-state index is 11.5. The van der Waals surface area contributed by atoms with Gasteiger partial charge in [0.05, 0.1) is 6.54 Å². The number of carbonyl (C=O) groups excluding carboxylic acids is 2. The molecule has 1 aromatic carbocycles. The number of anilines is 1. The van der Waals surface area contributed by atoms with E-state index in [-0.39, 0.29) is 18.4 Å². The first-order chi connectivity index (χ1) is 8.58. The lowest BCUT2D eigenvalue weighted by Gasteiger charge is -2.07. The molecule has 2 amide bonds. The molecule has 18 heavy (non-hydrogen) atoms. The van der Waals surface area contributed by atoms with Crippen molar-refractivity contribution >= 4 is 33.4 Å². The Balaban J connectivity index is 2.20. The molecule has 0 fully saturated rings. The summed E-state index contributed by atoms with van der Waals surface area (Å²) >= 11 is 3.33. The molecule has 0 bridgehead atoms. The van der Waals surface area contributed by atoms with Gasteiger partial charge in [0.25, 0.3) is 0 Å². The van der Waals surface area contributed by atoms with Crippen molar-refractivity contribution in [3.8, 4) is 0 Å². The quantitative estimate of drug-likeness (QED) is 0.689. The molecule has 5 nitrogen and oxygen atoms in total. The molecular weight excluding hydrogens is 298 g/mol. The highest BCUT2D eigenvalue weighted by molar-refractivity contribution is 9.10. The second kappa shape index (κ2) is 7.84. The highest BCUT2D eigenvalue weighted by Crippen LogP contribution is 2.15. The number of hydrogen-bond donors (Lipinski definition) is 3. The van der Waals surface area contributed by atoms with Gasteiger partial charge in [-0.1, -0.05) is 22.0 Å². The predicted molar refractivity (Wildman–Crippen MR) is 74.3 cm³/mol. The Morgan fingerprint density at radius 2 is 2.06 bits per heavy atom. The van der Waals surface area contributed by atoms with E-state index < -0.39 is 0 Å². The van der Waals surface area contributed by atoms with E-state index in [1.165, 1.54) is 6.92 Å².